The minimum Gasteiger partial charge on any atom is -0.304 e. The van der Waals surface area contributed by atoms with Crippen LogP contribution in [0.2, 0.25) is 0 Å². The fourth-order valence-corrected chi connectivity index (χ4v) is 2.94. The maximum atomic E-state index is 10.7. The number of hydrogen-bond donors (Lipinski definition) is 0. The quantitative estimate of drug-likeness (QED) is 0.765. The van der Waals surface area contributed by atoms with Crippen LogP contribution in [0.15, 0.2) is 17.5 Å². The van der Waals surface area contributed by atoms with Gasteiger partial charge in [0.2, 0.25) is 0 Å². The molecule has 0 aromatic carbocycles. The Kier molecular flexibility index (Phi) is 3.50. The summed E-state index contributed by atoms with van der Waals surface area (Å²) < 4.78 is 0. The molecule has 1 unspecified atom stereocenters. The number of aldehydes is 1. The highest BCUT2D eigenvalue weighted by Crippen LogP contribution is 2.36. The van der Waals surface area contributed by atoms with Gasteiger partial charge in [0.15, 0.2) is 6.29 Å². The van der Waals surface area contributed by atoms with Crippen LogP contribution in [0, 0.1) is 0 Å². The van der Waals surface area contributed by atoms with Crippen LogP contribution in [0.5, 0.6) is 0 Å². The summed E-state index contributed by atoms with van der Waals surface area (Å²) in [5, 5.41) is 2.09. The number of hydrogen-bond acceptors (Lipinski definition) is 3. The number of thiophene rings is 1. The van der Waals surface area contributed by atoms with E-state index in [9.17, 15) is 4.79 Å². The molecule has 1 aromatic rings. The Morgan fingerprint density at radius 3 is 2.71 bits per heavy atom. The highest BCUT2D eigenvalue weighted by Gasteiger charge is 2.29. The lowest BCUT2D eigenvalue weighted by atomic mass is 9.81. The molecule has 1 heterocycles. The van der Waals surface area contributed by atoms with Gasteiger partial charge in [-0.05, 0) is 62.9 Å². The number of nitrogens with zero attached hydrogens (tertiary/aromatic N) is 1. The van der Waals surface area contributed by atoms with Crippen molar-refractivity contribution >= 4 is 23.2 Å². The number of carbonyl (C=O) groups excluding carboxylic acids is 1. The second kappa shape index (κ2) is 4.75. The fraction of sp³-hybridized carbons (Fsp3) is 0.500. The van der Waals surface area contributed by atoms with Gasteiger partial charge in [-0.2, -0.15) is 0 Å². The van der Waals surface area contributed by atoms with E-state index in [1.807, 2.05) is 6.07 Å². The van der Waals surface area contributed by atoms with Crippen molar-refractivity contribution in [1.82, 2.24) is 4.90 Å². The first-order valence-electron chi connectivity index (χ1n) is 5.96. The summed E-state index contributed by atoms with van der Waals surface area (Å²) in [6.07, 6.45) is 6.63. The standard InChI is InChI=1S/C14H19NOS/c1-14(15(2)3)6-4-11(5-7-14)12-8-13(9-16)17-10-12/h4,8-10H,5-7H2,1-3H3. The summed E-state index contributed by atoms with van der Waals surface area (Å²) in [7, 11) is 4.29. The van der Waals surface area contributed by atoms with Crippen LogP contribution in [0.1, 0.15) is 41.4 Å². The third kappa shape index (κ3) is 2.50. The molecular weight excluding hydrogens is 230 g/mol. The summed E-state index contributed by atoms with van der Waals surface area (Å²) in [6.45, 7) is 2.31. The van der Waals surface area contributed by atoms with Crippen LogP contribution in [0.25, 0.3) is 5.57 Å². The van der Waals surface area contributed by atoms with Crippen LogP contribution in [-0.2, 0) is 0 Å². The fourth-order valence-electron chi connectivity index (χ4n) is 2.20. The molecule has 2 nitrogen and oxygen atoms in total. The van der Waals surface area contributed by atoms with Crippen LogP contribution >= 0.6 is 11.3 Å². The Balaban J connectivity index is 2.15. The average Bonchev–Trinajstić information content (AvgIpc) is 2.78. The van der Waals surface area contributed by atoms with E-state index in [-0.39, 0.29) is 5.54 Å². The molecule has 0 N–H and O–H groups in total. The van der Waals surface area contributed by atoms with Crippen LogP contribution in [0.3, 0.4) is 0 Å². The molecule has 1 atom stereocenters. The van der Waals surface area contributed by atoms with Crippen LogP contribution < -0.4 is 0 Å². The monoisotopic (exact) mass is 249 g/mol. The predicted octanol–water partition coefficient (Wildman–Crippen LogP) is 3.45. The highest BCUT2D eigenvalue weighted by atomic mass is 32.1. The van der Waals surface area contributed by atoms with Crippen molar-refractivity contribution in [3.05, 3.63) is 28.0 Å². The summed E-state index contributed by atoms with van der Waals surface area (Å²) >= 11 is 1.53. The number of carbonyl (C=O) groups is 1. The zero-order chi connectivity index (χ0) is 12.5. The molecule has 0 aliphatic heterocycles. The lowest BCUT2D eigenvalue weighted by Crippen LogP contribution is -2.42. The summed E-state index contributed by atoms with van der Waals surface area (Å²) in [5.74, 6) is 0. The zero-order valence-electron chi connectivity index (χ0n) is 10.7. The van der Waals surface area contributed by atoms with Gasteiger partial charge in [0.05, 0.1) is 4.88 Å². The molecule has 17 heavy (non-hydrogen) atoms. The molecular formula is C14H19NOS. The smallest absolute Gasteiger partial charge is 0.160 e. The Labute approximate surface area is 107 Å². The molecule has 1 aliphatic carbocycles. The molecule has 92 valence electrons. The maximum Gasteiger partial charge on any atom is 0.160 e. The van der Waals surface area contributed by atoms with E-state index >= 15 is 0 Å². The van der Waals surface area contributed by atoms with Gasteiger partial charge >= 0.3 is 0 Å². The lowest BCUT2D eigenvalue weighted by Gasteiger charge is -2.39. The van der Waals surface area contributed by atoms with Crippen molar-refractivity contribution in [2.75, 3.05) is 14.1 Å². The van der Waals surface area contributed by atoms with Gasteiger partial charge in [0, 0.05) is 5.54 Å². The van der Waals surface area contributed by atoms with E-state index in [4.69, 9.17) is 0 Å². The molecule has 0 saturated heterocycles. The second-order valence-electron chi connectivity index (χ2n) is 5.18. The first kappa shape index (κ1) is 12.5. The van der Waals surface area contributed by atoms with Gasteiger partial charge in [0.25, 0.3) is 0 Å². The lowest BCUT2D eigenvalue weighted by molar-refractivity contribution is 0.112. The molecule has 1 aliphatic rings. The van der Waals surface area contributed by atoms with E-state index in [0.29, 0.717) is 0 Å². The largest absolute Gasteiger partial charge is 0.304 e. The van der Waals surface area contributed by atoms with Gasteiger partial charge in [-0.3, -0.25) is 4.79 Å². The molecule has 0 spiro atoms. The second-order valence-corrected chi connectivity index (χ2v) is 6.12. The Bertz CT molecular complexity index is 447. The molecule has 0 radical (unpaired) electrons. The van der Waals surface area contributed by atoms with Crippen molar-refractivity contribution in [2.24, 2.45) is 0 Å². The maximum absolute atomic E-state index is 10.7. The highest BCUT2D eigenvalue weighted by molar-refractivity contribution is 7.11. The van der Waals surface area contributed by atoms with Gasteiger partial charge in [-0.15, -0.1) is 11.3 Å². The Hall–Kier alpha value is -0.930. The third-order valence-electron chi connectivity index (χ3n) is 3.91. The molecule has 1 aromatic heterocycles. The number of allylic oxidation sites excluding steroid dienone is 1. The van der Waals surface area contributed by atoms with Crippen molar-refractivity contribution in [3.63, 3.8) is 0 Å². The third-order valence-corrected chi connectivity index (χ3v) is 4.77. The first-order chi connectivity index (χ1) is 8.05. The summed E-state index contributed by atoms with van der Waals surface area (Å²) in [5.41, 5.74) is 2.92. The van der Waals surface area contributed by atoms with E-state index < -0.39 is 0 Å². The van der Waals surface area contributed by atoms with Crippen LogP contribution in [0.4, 0.5) is 0 Å². The molecule has 0 fully saturated rings. The van der Waals surface area contributed by atoms with Crippen molar-refractivity contribution < 1.29 is 4.79 Å². The van der Waals surface area contributed by atoms with Gasteiger partial charge in [-0.1, -0.05) is 6.08 Å². The molecule has 2 rings (SSSR count). The molecule has 3 heteroatoms. The van der Waals surface area contributed by atoms with E-state index in [2.05, 4.69) is 37.4 Å². The SMILES string of the molecule is CN(C)C1(C)CC=C(c2csc(C=O)c2)CC1. The number of rotatable bonds is 3. The van der Waals surface area contributed by atoms with E-state index in [0.717, 1.165) is 24.0 Å². The van der Waals surface area contributed by atoms with Crippen molar-refractivity contribution in [1.29, 1.82) is 0 Å². The minimum atomic E-state index is 0.285. The first-order valence-corrected chi connectivity index (χ1v) is 6.84. The van der Waals surface area contributed by atoms with Gasteiger partial charge < -0.3 is 4.90 Å². The van der Waals surface area contributed by atoms with Crippen molar-refractivity contribution in [3.8, 4) is 0 Å². The normalized spacial score (nSPS) is 24.8. The predicted molar refractivity (Wildman–Crippen MR) is 73.6 cm³/mol. The van der Waals surface area contributed by atoms with Crippen molar-refractivity contribution in [2.45, 2.75) is 31.7 Å². The summed E-state index contributed by atoms with van der Waals surface area (Å²) in [6, 6.07) is 2.00. The Morgan fingerprint density at radius 2 is 2.24 bits per heavy atom. The summed E-state index contributed by atoms with van der Waals surface area (Å²) in [4.78, 5) is 13.8. The molecule has 0 bridgehead atoms. The van der Waals surface area contributed by atoms with Gasteiger partial charge in [0.1, 0.15) is 0 Å². The topological polar surface area (TPSA) is 20.3 Å². The van der Waals surface area contributed by atoms with E-state index in [1.165, 1.54) is 28.9 Å². The average molecular weight is 249 g/mol. The van der Waals surface area contributed by atoms with Gasteiger partial charge in [-0.25, -0.2) is 0 Å². The van der Waals surface area contributed by atoms with Crippen LogP contribution in [-0.4, -0.2) is 30.8 Å². The Morgan fingerprint density at radius 1 is 1.47 bits per heavy atom. The van der Waals surface area contributed by atoms with E-state index in [1.54, 1.807) is 0 Å². The minimum absolute atomic E-state index is 0.285. The molecule has 0 amide bonds. The zero-order valence-corrected chi connectivity index (χ0v) is 11.5. The molecule has 0 saturated carbocycles.